The highest BCUT2D eigenvalue weighted by Gasteiger charge is 2.32. The van der Waals surface area contributed by atoms with Crippen molar-refractivity contribution in [2.24, 2.45) is 0 Å². The van der Waals surface area contributed by atoms with Gasteiger partial charge in [-0.25, -0.2) is 4.98 Å². The van der Waals surface area contributed by atoms with E-state index in [9.17, 15) is 18.0 Å². The Morgan fingerprint density at radius 2 is 1.78 bits per heavy atom. The molecule has 0 atom stereocenters. The van der Waals surface area contributed by atoms with Crippen LogP contribution >= 0.6 is 0 Å². The number of hydrogen-bond acceptors (Lipinski definition) is 4. The van der Waals surface area contributed by atoms with Gasteiger partial charge in [-0.1, -0.05) is 36.4 Å². The summed E-state index contributed by atoms with van der Waals surface area (Å²) in [6.45, 7) is -0.103. The first kappa shape index (κ1) is 18.5. The van der Waals surface area contributed by atoms with Gasteiger partial charge in [-0.05, 0) is 18.2 Å². The van der Waals surface area contributed by atoms with Crippen molar-refractivity contribution in [1.29, 1.82) is 0 Å². The van der Waals surface area contributed by atoms with E-state index in [1.54, 1.807) is 6.07 Å². The van der Waals surface area contributed by atoms with Crippen LogP contribution in [0.3, 0.4) is 0 Å². The molecule has 1 heterocycles. The van der Waals surface area contributed by atoms with Gasteiger partial charge in [0.05, 0.1) is 12.1 Å². The molecule has 140 valence electrons. The van der Waals surface area contributed by atoms with E-state index in [2.05, 4.69) is 15.0 Å². The minimum absolute atomic E-state index is 0.0569. The number of rotatable bonds is 6. The molecular formula is C19H15F3N2O3. The minimum Gasteiger partial charge on any atom is -0.444 e. The van der Waals surface area contributed by atoms with Crippen LogP contribution in [0, 0.1) is 0 Å². The van der Waals surface area contributed by atoms with Crippen LogP contribution in [-0.4, -0.2) is 17.3 Å². The van der Waals surface area contributed by atoms with E-state index in [0.29, 0.717) is 11.6 Å². The third-order valence-electron chi connectivity index (χ3n) is 3.59. The van der Waals surface area contributed by atoms with Gasteiger partial charge in [0.15, 0.2) is 0 Å². The summed E-state index contributed by atoms with van der Waals surface area (Å²) in [5, 5.41) is 2.55. The largest absolute Gasteiger partial charge is 0.573 e. The average Bonchev–Trinajstić information content (AvgIpc) is 3.09. The second kappa shape index (κ2) is 7.94. The number of oxazole rings is 1. The van der Waals surface area contributed by atoms with E-state index in [1.165, 1.54) is 24.5 Å². The number of nitrogens with one attached hydrogen (secondary N) is 1. The zero-order valence-electron chi connectivity index (χ0n) is 14.0. The number of amides is 1. The Kier molecular flexibility index (Phi) is 5.44. The van der Waals surface area contributed by atoms with Crippen molar-refractivity contribution >= 4 is 5.91 Å². The van der Waals surface area contributed by atoms with Gasteiger partial charge in [0, 0.05) is 17.7 Å². The first-order valence-corrected chi connectivity index (χ1v) is 8.01. The maximum Gasteiger partial charge on any atom is 0.573 e. The van der Waals surface area contributed by atoms with Crippen molar-refractivity contribution in [3.05, 3.63) is 72.1 Å². The standard InChI is InChI=1S/C19H15F3N2O3/c20-19(21,22)27-16-9-5-4-8-14(16)11-23-17(25)10-15-12-26-18(24-15)13-6-2-1-3-7-13/h1-9,12H,10-11H2,(H,23,25). The van der Waals surface area contributed by atoms with Crippen molar-refractivity contribution in [1.82, 2.24) is 10.3 Å². The average molecular weight is 376 g/mol. The molecule has 0 radical (unpaired) electrons. The fourth-order valence-corrected chi connectivity index (χ4v) is 2.40. The second-order valence-corrected chi connectivity index (χ2v) is 5.62. The van der Waals surface area contributed by atoms with Gasteiger partial charge < -0.3 is 14.5 Å². The molecule has 0 aliphatic heterocycles. The molecule has 0 bridgehead atoms. The summed E-state index contributed by atoms with van der Waals surface area (Å²) in [6.07, 6.45) is -3.48. The Bertz CT molecular complexity index is 908. The lowest BCUT2D eigenvalue weighted by molar-refractivity contribution is -0.274. The highest BCUT2D eigenvalue weighted by molar-refractivity contribution is 5.78. The van der Waals surface area contributed by atoms with Gasteiger partial charge in [-0.15, -0.1) is 13.2 Å². The van der Waals surface area contributed by atoms with E-state index >= 15 is 0 Å². The molecule has 0 saturated carbocycles. The first-order valence-electron chi connectivity index (χ1n) is 8.01. The lowest BCUT2D eigenvalue weighted by Gasteiger charge is -2.13. The number of nitrogens with zero attached hydrogens (tertiary/aromatic N) is 1. The van der Waals surface area contributed by atoms with Gasteiger partial charge >= 0.3 is 6.36 Å². The van der Waals surface area contributed by atoms with Gasteiger partial charge in [-0.3, -0.25) is 4.79 Å². The first-order chi connectivity index (χ1) is 12.9. The van der Waals surface area contributed by atoms with Crippen LogP contribution in [0.1, 0.15) is 11.3 Å². The summed E-state index contributed by atoms with van der Waals surface area (Å²) in [7, 11) is 0. The Balaban J connectivity index is 1.59. The van der Waals surface area contributed by atoms with Gasteiger partial charge in [0.2, 0.25) is 11.8 Å². The number of carbonyl (C=O) groups excluding carboxylic acids is 1. The molecule has 0 unspecified atom stereocenters. The number of benzene rings is 2. The van der Waals surface area contributed by atoms with Crippen LogP contribution in [0.15, 0.2) is 65.3 Å². The lowest BCUT2D eigenvalue weighted by Crippen LogP contribution is -2.25. The molecular weight excluding hydrogens is 361 g/mol. The monoisotopic (exact) mass is 376 g/mol. The molecule has 0 spiro atoms. The second-order valence-electron chi connectivity index (χ2n) is 5.62. The van der Waals surface area contributed by atoms with Crippen LogP contribution < -0.4 is 10.1 Å². The zero-order chi connectivity index (χ0) is 19.3. The van der Waals surface area contributed by atoms with Gasteiger partial charge in [-0.2, -0.15) is 0 Å². The van der Waals surface area contributed by atoms with Crippen molar-refractivity contribution < 1.29 is 27.1 Å². The van der Waals surface area contributed by atoms with Crippen molar-refractivity contribution in [3.63, 3.8) is 0 Å². The van der Waals surface area contributed by atoms with Crippen LogP contribution in [0.2, 0.25) is 0 Å². The summed E-state index contributed by atoms with van der Waals surface area (Å²) < 4.78 is 46.6. The molecule has 27 heavy (non-hydrogen) atoms. The zero-order valence-corrected chi connectivity index (χ0v) is 14.0. The van der Waals surface area contributed by atoms with E-state index in [0.717, 1.165) is 5.56 Å². The van der Waals surface area contributed by atoms with E-state index in [1.807, 2.05) is 30.3 Å². The van der Waals surface area contributed by atoms with Gasteiger partial charge in [0.25, 0.3) is 0 Å². The molecule has 0 fully saturated rings. The molecule has 2 aromatic carbocycles. The molecule has 3 aromatic rings. The Labute approximate surface area is 152 Å². The molecule has 5 nitrogen and oxygen atoms in total. The molecule has 0 aliphatic carbocycles. The smallest absolute Gasteiger partial charge is 0.444 e. The summed E-state index contributed by atoms with van der Waals surface area (Å²) >= 11 is 0. The number of ether oxygens (including phenoxy) is 1. The van der Waals surface area contributed by atoms with Crippen LogP contribution in [0.25, 0.3) is 11.5 Å². The SMILES string of the molecule is O=C(Cc1coc(-c2ccccc2)n1)NCc1ccccc1OC(F)(F)F. The normalized spacial score (nSPS) is 11.2. The summed E-state index contributed by atoms with van der Waals surface area (Å²) in [5.74, 6) is -0.356. The number of halogens is 3. The lowest BCUT2D eigenvalue weighted by atomic mass is 10.2. The van der Waals surface area contributed by atoms with Gasteiger partial charge in [0.1, 0.15) is 12.0 Å². The number of aromatic nitrogens is 1. The van der Waals surface area contributed by atoms with E-state index in [4.69, 9.17) is 4.42 Å². The van der Waals surface area contributed by atoms with Crippen molar-refractivity contribution in [2.45, 2.75) is 19.3 Å². The quantitative estimate of drug-likeness (QED) is 0.704. The highest BCUT2D eigenvalue weighted by Crippen LogP contribution is 2.26. The Morgan fingerprint density at radius 3 is 2.52 bits per heavy atom. The molecule has 3 rings (SSSR count). The molecule has 8 heteroatoms. The maximum absolute atomic E-state index is 12.4. The molecule has 0 saturated heterocycles. The summed E-state index contributed by atoms with van der Waals surface area (Å²) in [5.41, 5.74) is 1.42. The van der Waals surface area contributed by atoms with E-state index < -0.39 is 12.3 Å². The Morgan fingerprint density at radius 1 is 1.07 bits per heavy atom. The third kappa shape index (κ3) is 5.34. The van der Waals surface area contributed by atoms with Crippen molar-refractivity contribution in [2.75, 3.05) is 0 Å². The van der Waals surface area contributed by atoms with E-state index in [-0.39, 0.29) is 24.3 Å². The minimum atomic E-state index is -4.80. The fourth-order valence-electron chi connectivity index (χ4n) is 2.40. The predicted molar refractivity (Wildman–Crippen MR) is 90.6 cm³/mol. The number of alkyl halides is 3. The predicted octanol–water partition coefficient (Wildman–Crippen LogP) is 4.10. The van der Waals surface area contributed by atoms with Crippen LogP contribution in [-0.2, 0) is 17.8 Å². The number of carbonyl (C=O) groups is 1. The molecule has 0 aliphatic rings. The number of para-hydroxylation sites is 1. The highest BCUT2D eigenvalue weighted by atomic mass is 19.4. The summed E-state index contributed by atoms with van der Waals surface area (Å²) in [4.78, 5) is 16.3. The third-order valence-corrected chi connectivity index (χ3v) is 3.59. The number of hydrogen-bond donors (Lipinski definition) is 1. The van der Waals surface area contributed by atoms with Crippen molar-refractivity contribution in [3.8, 4) is 17.2 Å². The summed E-state index contributed by atoms with van der Waals surface area (Å²) in [6, 6.07) is 14.8. The molecule has 1 amide bonds. The molecule has 1 N–H and O–H groups in total. The topological polar surface area (TPSA) is 64.4 Å². The fraction of sp³-hybridized carbons (Fsp3) is 0.158. The maximum atomic E-state index is 12.4. The molecule has 1 aromatic heterocycles. The van der Waals surface area contributed by atoms with Crippen LogP contribution in [0.4, 0.5) is 13.2 Å². The Hall–Kier alpha value is -3.29. The van der Waals surface area contributed by atoms with Crippen LogP contribution in [0.5, 0.6) is 5.75 Å².